The monoisotopic (exact) mass is 341 g/mol. The molecule has 134 valence electrons. The number of hydrogen-bond acceptors (Lipinski definition) is 6. The maximum atomic E-state index is 5.36. The Bertz CT molecular complexity index is 616. The van der Waals surface area contributed by atoms with Crippen molar-refractivity contribution in [1.29, 1.82) is 0 Å². The number of aromatic nitrogens is 2. The van der Waals surface area contributed by atoms with Gasteiger partial charge in [0.2, 0.25) is 5.95 Å². The molecule has 6 heteroatoms. The van der Waals surface area contributed by atoms with E-state index >= 15 is 0 Å². The molecule has 0 atom stereocenters. The lowest BCUT2D eigenvalue weighted by Crippen LogP contribution is -2.39. The Morgan fingerprint density at radius 2 is 1.84 bits per heavy atom. The number of benzene rings is 1. The number of nitrogens with zero attached hydrogens (tertiary/aromatic N) is 3. The lowest BCUT2D eigenvalue weighted by Gasteiger charge is -2.26. The predicted octanol–water partition coefficient (Wildman–Crippen LogP) is 2.27. The highest BCUT2D eigenvalue weighted by molar-refractivity contribution is 5.39. The van der Waals surface area contributed by atoms with E-state index in [1.165, 1.54) is 5.56 Å². The molecule has 2 heterocycles. The van der Waals surface area contributed by atoms with Crippen LogP contribution in [0.4, 0.5) is 11.8 Å². The van der Waals surface area contributed by atoms with Crippen LogP contribution in [-0.2, 0) is 11.2 Å². The van der Waals surface area contributed by atoms with Gasteiger partial charge < -0.3 is 15.4 Å². The zero-order chi connectivity index (χ0) is 17.2. The highest BCUT2D eigenvalue weighted by atomic mass is 16.5. The van der Waals surface area contributed by atoms with Gasteiger partial charge in [0.1, 0.15) is 5.82 Å². The molecule has 0 bridgehead atoms. The minimum atomic E-state index is 0.685. The van der Waals surface area contributed by atoms with Crippen molar-refractivity contribution in [3.05, 3.63) is 48.2 Å². The first-order valence-electron chi connectivity index (χ1n) is 9.05. The molecule has 1 fully saturated rings. The Morgan fingerprint density at radius 3 is 2.68 bits per heavy atom. The van der Waals surface area contributed by atoms with Crippen molar-refractivity contribution in [3.8, 4) is 0 Å². The largest absolute Gasteiger partial charge is 0.379 e. The van der Waals surface area contributed by atoms with Crippen molar-refractivity contribution in [1.82, 2.24) is 14.9 Å². The molecular weight excluding hydrogens is 314 g/mol. The Balaban J connectivity index is 1.35. The van der Waals surface area contributed by atoms with E-state index in [1.54, 1.807) is 6.20 Å². The molecule has 0 spiro atoms. The Hall–Kier alpha value is -2.18. The molecule has 1 saturated heterocycles. The molecule has 2 aromatic rings. The van der Waals surface area contributed by atoms with Crippen molar-refractivity contribution in [2.24, 2.45) is 0 Å². The highest BCUT2D eigenvalue weighted by Gasteiger charge is 2.09. The number of hydrogen-bond donors (Lipinski definition) is 2. The third-order valence-corrected chi connectivity index (χ3v) is 4.26. The first-order valence-corrected chi connectivity index (χ1v) is 9.05. The fourth-order valence-electron chi connectivity index (χ4n) is 2.85. The second kappa shape index (κ2) is 9.96. The third kappa shape index (κ3) is 6.32. The van der Waals surface area contributed by atoms with Crippen LogP contribution in [0.3, 0.4) is 0 Å². The second-order valence-electron chi connectivity index (χ2n) is 6.16. The molecule has 6 nitrogen and oxygen atoms in total. The highest BCUT2D eigenvalue weighted by Crippen LogP contribution is 2.07. The van der Waals surface area contributed by atoms with Crippen LogP contribution in [0, 0.1) is 0 Å². The smallest absolute Gasteiger partial charge is 0.224 e. The summed E-state index contributed by atoms with van der Waals surface area (Å²) in [6, 6.07) is 12.4. The number of ether oxygens (including phenoxy) is 1. The van der Waals surface area contributed by atoms with Crippen LogP contribution in [0.15, 0.2) is 42.6 Å². The topological polar surface area (TPSA) is 62.3 Å². The van der Waals surface area contributed by atoms with Crippen LogP contribution >= 0.6 is 0 Å². The molecule has 1 aliphatic rings. The fraction of sp³-hybridized carbons (Fsp3) is 0.474. The molecule has 3 rings (SSSR count). The second-order valence-corrected chi connectivity index (χ2v) is 6.16. The maximum absolute atomic E-state index is 5.36. The van der Waals surface area contributed by atoms with Gasteiger partial charge in [-0.2, -0.15) is 4.98 Å². The summed E-state index contributed by atoms with van der Waals surface area (Å²) in [5.74, 6) is 1.55. The van der Waals surface area contributed by atoms with Crippen molar-refractivity contribution in [2.75, 3.05) is 56.6 Å². The van der Waals surface area contributed by atoms with Gasteiger partial charge in [0, 0.05) is 38.9 Å². The SMILES string of the molecule is c1ccc(CCCNc2nccc(NCCN3CCOCC3)n2)cc1. The van der Waals surface area contributed by atoms with Crippen molar-refractivity contribution < 1.29 is 4.74 Å². The molecule has 1 aromatic carbocycles. The summed E-state index contributed by atoms with van der Waals surface area (Å²) in [7, 11) is 0. The number of morpholine rings is 1. The van der Waals surface area contributed by atoms with Gasteiger partial charge in [-0.15, -0.1) is 0 Å². The van der Waals surface area contributed by atoms with Crippen LogP contribution in [0.5, 0.6) is 0 Å². The molecule has 0 saturated carbocycles. The molecule has 0 amide bonds. The van der Waals surface area contributed by atoms with Gasteiger partial charge in [-0.3, -0.25) is 4.90 Å². The average molecular weight is 341 g/mol. The van der Waals surface area contributed by atoms with Gasteiger partial charge in [-0.1, -0.05) is 30.3 Å². The van der Waals surface area contributed by atoms with Gasteiger partial charge in [0.05, 0.1) is 13.2 Å². The zero-order valence-electron chi connectivity index (χ0n) is 14.7. The number of rotatable bonds is 9. The van der Waals surface area contributed by atoms with E-state index < -0.39 is 0 Å². The van der Waals surface area contributed by atoms with Crippen LogP contribution in [0.25, 0.3) is 0 Å². The van der Waals surface area contributed by atoms with Crippen LogP contribution in [0.2, 0.25) is 0 Å². The van der Waals surface area contributed by atoms with Crippen molar-refractivity contribution in [3.63, 3.8) is 0 Å². The average Bonchev–Trinajstić information content (AvgIpc) is 2.67. The maximum Gasteiger partial charge on any atom is 0.224 e. The molecular formula is C19H27N5O. The summed E-state index contributed by atoms with van der Waals surface area (Å²) in [5, 5.41) is 6.68. The molecule has 25 heavy (non-hydrogen) atoms. The van der Waals surface area contributed by atoms with Gasteiger partial charge in [-0.25, -0.2) is 4.98 Å². The molecule has 0 unspecified atom stereocenters. The minimum absolute atomic E-state index is 0.685. The summed E-state index contributed by atoms with van der Waals surface area (Å²) in [6.45, 7) is 6.46. The van der Waals surface area contributed by atoms with Gasteiger partial charge >= 0.3 is 0 Å². The van der Waals surface area contributed by atoms with Crippen LogP contribution in [0.1, 0.15) is 12.0 Å². The fourth-order valence-corrected chi connectivity index (χ4v) is 2.85. The molecule has 1 aliphatic heterocycles. The first kappa shape index (κ1) is 17.6. The molecule has 2 N–H and O–H groups in total. The number of nitrogens with one attached hydrogen (secondary N) is 2. The van der Waals surface area contributed by atoms with Crippen molar-refractivity contribution in [2.45, 2.75) is 12.8 Å². The molecule has 1 aromatic heterocycles. The quantitative estimate of drug-likeness (QED) is 0.682. The van der Waals surface area contributed by atoms with Gasteiger partial charge in [0.25, 0.3) is 0 Å². The van der Waals surface area contributed by atoms with Gasteiger partial charge in [-0.05, 0) is 24.5 Å². The van der Waals surface area contributed by atoms with E-state index in [9.17, 15) is 0 Å². The lowest BCUT2D eigenvalue weighted by atomic mass is 10.1. The molecule has 0 radical (unpaired) electrons. The summed E-state index contributed by atoms with van der Waals surface area (Å²) in [4.78, 5) is 11.2. The van der Waals surface area contributed by atoms with E-state index in [0.29, 0.717) is 5.95 Å². The standard InChI is InChI=1S/C19H27N5O/c1-2-5-17(6-3-1)7-4-9-21-19-22-10-8-18(23-19)20-11-12-24-13-15-25-16-14-24/h1-3,5-6,8,10H,4,7,9,11-16H2,(H2,20,21,22,23). The van der Waals surface area contributed by atoms with E-state index in [1.807, 2.05) is 12.1 Å². The van der Waals surface area contributed by atoms with E-state index in [2.05, 4.69) is 49.8 Å². The molecule has 0 aliphatic carbocycles. The number of aryl methyl sites for hydroxylation is 1. The number of anilines is 2. The third-order valence-electron chi connectivity index (χ3n) is 4.26. The van der Waals surface area contributed by atoms with E-state index in [-0.39, 0.29) is 0 Å². The minimum Gasteiger partial charge on any atom is -0.379 e. The zero-order valence-corrected chi connectivity index (χ0v) is 14.7. The first-order chi connectivity index (χ1) is 12.4. The lowest BCUT2D eigenvalue weighted by molar-refractivity contribution is 0.0398. The van der Waals surface area contributed by atoms with Crippen molar-refractivity contribution >= 4 is 11.8 Å². The Kier molecular flexibility index (Phi) is 7.02. The van der Waals surface area contributed by atoms with Crippen LogP contribution in [-0.4, -0.2) is 60.8 Å². The van der Waals surface area contributed by atoms with E-state index in [0.717, 1.165) is 64.6 Å². The Morgan fingerprint density at radius 1 is 1.00 bits per heavy atom. The summed E-state index contributed by atoms with van der Waals surface area (Å²) in [6.07, 6.45) is 3.91. The Labute approximate surface area is 149 Å². The summed E-state index contributed by atoms with van der Waals surface area (Å²) < 4.78 is 5.36. The van der Waals surface area contributed by atoms with E-state index in [4.69, 9.17) is 4.74 Å². The summed E-state index contributed by atoms with van der Waals surface area (Å²) >= 11 is 0. The van der Waals surface area contributed by atoms with Crippen LogP contribution < -0.4 is 10.6 Å². The normalized spacial score (nSPS) is 15.0. The predicted molar refractivity (Wildman–Crippen MR) is 101 cm³/mol. The van der Waals surface area contributed by atoms with Gasteiger partial charge in [0.15, 0.2) is 0 Å². The summed E-state index contributed by atoms with van der Waals surface area (Å²) in [5.41, 5.74) is 1.36.